The van der Waals surface area contributed by atoms with Crippen LogP contribution in [0.25, 0.3) is 0 Å². The van der Waals surface area contributed by atoms with E-state index in [2.05, 4.69) is 10.1 Å². The van der Waals surface area contributed by atoms with Crippen molar-refractivity contribution in [3.05, 3.63) is 11.7 Å². The van der Waals surface area contributed by atoms with Gasteiger partial charge in [-0.25, -0.2) is 0 Å². The van der Waals surface area contributed by atoms with Gasteiger partial charge >= 0.3 is 6.18 Å². The maximum Gasteiger partial charge on any atom is 0.396 e. The number of hydrogen-bond acceptors (Lipinski definition) is 4. The molecule has 0 spiro atoms. The quantitative estimate of drug-likeness (QED) is 0.870. The van der Waals surface area contributed by atoms with E-state index in [-0.39, 0.29) is 23.7 Å². The molecule has 2 unspecified atom stereocenters. The van der Waals surface area contributed by atoms with Gasteiger partial charge in [0, 0.05) is 6.04 Å². The van der Waals surface area contributed by atoms with E-state index in [0.717, 1.165) is 0 Å². The number of nitrogens with zero attached hydrogens (tertiary/aromatic N) is 2. The van der Waals surface area contributed by atoms with Gasteiger partial charge in [-0.05, 0) is 13.3 Å². The third-order valence-electron chi connectivity index (χ3n) is 2.23. The summed E-state index contributed by atoms with van der Waals surface area (Å²) in [5, 5.41) is 3.29. The van der Waals surface area contributed by atoms with Crippen LogP contribution in [0.2, 0.25) is 0 Å². The van der Waals surface area contributed by atoms with Crippen LogP contribution >= 0.6 is 0 Å². The summed E-state index contributed by atoms with van der Waals surface area (Å²) in [6.45, 7) is 3.61. The van der Waals surface area contributed by atoms with Crippen LogP contribution in [0.3, 0.4) is 0 Å². The molecule has 1 aromatic rings. The Morgan fingerprint density at radius 1 is 1.44 bits per heavy atom. The van der Waals surface area contributed by atoms with Crippen LogP contribution in [0, 0.1) is 0 Å². The minimum absolute atomic E-state index is 0.178. The second-order valence-electron chi connectivity index (χ2n) is 3.71. The number of halogens is 3. The first kappa shape index (κ1) is 13.0. The molecule has 1 heterocycles. The second kappa shape index (κ2) is 4.82. The minimum atomic E-state index is -4.32. The van der Waals surface area contributed by atoms with Gasteiger partial charge in [-0.15, -0.1) is 0 Å². The maximum atomic E-state index is 12.0. The lowest BCUT2D eigenvalue weighted by Gasteiger charge is -2.13. The monoisotopic (exact) mass is 237 g/mol. The van der Waals surface area contributed by atoms with E-state index in [1.165, 1.54) is 0 Å². The Kier molecular flexibility index (Phi) is 3.90. The molecular formula is C9H14F3N3O. The predicted molar refractivity (Wildman–Crippen MR) is 50.7 cm³/mol. The molecular weight excluding hydrogens is 223 g/mol. The number of rotatable bonds is 4. The number of nitrogens with two attached hydrogens (primary N) is 1. The van der Waals surface area contributed by atoms with Crippen LogP contribution in [0.1, 0.15) is 37.9 Å². The molecule has 0 aliphatic rings. The minimum Gasteiger partial charge on any atom is -0.339 e. The average molecular weight is 237 g/mol. The van der Waals surface area contributed by atoms with Crippen LogP contribution in [-0.4, -0.2) is 22.4 Å². The maximum absolute atomic E-state index is 12.0. The van der Waals surface area contributed by atoms with Crippen molar-refractivity contribution in [1.82, 2.24) is 10.1 Å². The Bertz CT molecular complexity index is 335. The number of aromatic nitrogens is 2. The predicted octanol–water partition coefficient (Wildman–Crippen LogP) is 2.02. The fraction of sp³-hybridized carbons (Fsp3) is 0.778. The average Bonchev–Trinajstić information content (AvgIpc) is 2.50. The summed E-state index contributed by atoms with van der Waals surface area (Å²) < 4.78 is 40.9. The molecule has 0 saturated carbocycles. The fourth-order valence-corrected chi connectivity index (χ4v) is 1.44. The SMILES string of the molecule is CCC(c1nc(CC(F)(F)F)no1)C(C)N. The lowest BCUT2D eigenvalue weighted by atomic mass is 9.99. The van der Waals surface area contributed by atoms with Crippen LogP contribution in [0.5, 0.6) is 0 Å². The van der Waals surface area contributed by atoms with E-state index in [0.29, 0.717) is 6.42 Å². The Hall–Kier alpha value is -1.11. The Labute approximate surface area is 91.0 Å². The second-order valence-corrected chi connectivity index (χ2v) is 3.71. The number of hydrogen-bond donors (Lipinski definition) is 1. The molecule has 7 heteroatoms. The largest absolute Gasteiger partial charge is 0.396 e. The summed E-state index contributed by atoms with van der Waals surface area (Å²) in [5.74, 6) is -0.368. The molecule has 0 saturated heterocycles. The first-order valence-corrected chi connectivity index (χ1v) is 4.98. The van der Waals surface area contributed by atoms with Crippen molar-refractivity contribution >= 4 is 0 Å². The van der Waals surface area contributed by atoms with Crippen molar-refractivity contribution in [1.29, 1.82) is 0 Å². The normalized spacial score (nSPS) is 16.1. The van der Waals surface area contributed by atoms with Crippen molar-refractivity contribution in [2.75, 3.05) is 0 Å². The zero-order chi connectivity index (χ0) is 12.3. The summed E-state index contributed by atoms with van der Waals surface area (Å²) in [4.78, 5) is 3.71. The van der Waals surface area contributed by atoms with Gasteiger partial charge in [0.25, 0.3) is 0 Å². The van der Waals surface area contributed by atoms with Crippen LogP contribution < -0.4 is 5.73 Å². The van der Waals surface area contributed by atoms with Gasteiger partial charge in [0.15, 0.2) is 5.82 Å². The molecule has 1 aromatic heterocycles. The van der Waals surface area contributed by atoms with Crippen molar-refractivity contribution in [3.8, 4) is 0 Å². The van der Waals surface area contributed by atoms with Gasteiger partial charge in [0.1, 0.15) is 6.42 Å². The van der Waals surface area contributed by atoms with E-state index >= 15 is 0 Å². The van der Waals surface area contributed by atoms with Gasteiger partial charge in [0.2, 0.25) is 5.89 Å². The molecule has 0 amide bonds. The van der Waals surface area contributed by atoms with Gasteiger partial charge < -0.3 is 10.3 Å². The lowest BCUT2D eigenvalue weighted by Crippen LogP contribution is -2.24. The van der Waals surface area contributed by atoms with Crippen molar-refractivity contribution in [2.24, 2.45) is 5.73 Å². The molecule has 2 atom stereocenters. The van der Waals surface area contributed by atoms with E-state index in [4.69, 9.17) is 10.3 Å². The zero-order valence-corrected chi connectivity index (χ0v) is 9.08. The molecule has 4 nitrogen and oxygen atoms in total. The van der Waals surface area contributed by atoms with Crippen molar-refractivity contribution < 1.29 is 17.7 Å². The van der Waals surface area contributed by atoms with Gasteiger partial charge in [-0.1, -0.05) is 12.1 Å². The van der Waals surface area contributed by atoms with Crippen LogP contribution in [0.4, 0.5) is 13.2 Å². The molecule has 2 N–H and O–H groups in total. The molecule has 0 fully saturated rings. The van der Waals surface area contributed by atoms with E-state index in [1.54, 1.807) is 6.92 Å². The summed E-state index contributed by atoms with van der Waals surface area (Å²) in [6.07, 6.45) is -4.85. The molecule has 0 aliphatic carbocycles. The summed E-state index contributed by atoms with van der Waals surface area (Å²) >= 11 is 0. The first-order valence-electron chi connectivity index (χ1n) is 4.98. The molecule has 1 rings (SSSR count). The topological polar surface area (TPSA) is 64.9 Å². The van der Waals surface area contributed by atoms with Crippen LogP contribution in [0.15, 0.2) is 4.52 Å². The Morgan fingerprint density at radius 3 is 2.50 bits per heavy atom. The zero-order valence-electron chi connectivity index (χ0n) is 9.08. The van der Waals surface area contributed by atoms with E-state index in [1.807, 2.05) is 6.92 Å². The van der Waals surface area contributed by atoms with Crippen molar-refractivity contribution in [3.63, 3.8) is 0 Å². The molecule has 0 aromatic carbocycles. The highest BCUT2D eigenvalue weighted by atomic mass is 19.4. The summed E-state index contributed by atoms with van der Waals surface area (Å²) in [5.41, 5.74) is 5.67. The Morgan fingerprint density at radius 2 is 2.06 bits per heavy atom. The van der Waals surface area contributed by atoms with Crippen molar-refractivity contribution in [2.45, 2.75) is 44.8 Å². The number of alkyl halides is 3. The summed E-state index contributed by atoms with van der Waals surface area (Å²) in [6, 6.07) is -0.232. The highest BCUT2D eigenvalue weighted by Crippen LogP contribution is 2.23. The third kappa shape index (κ3) is 3.48. The van der Waals surface area contributed by atoms with Crippen LogP contribution in [-0.2, 0) is 6.42 Å². The standard InChI is InChI=1S/C9H14F3N3O/c1-3-6(5(2)13)8-14-7(15-16-8)4-9(10,11)12/h5-6H,3-4,13H2,1-2H3. The van der Waals surface area contributed by atoms with E-state index < -0.39 is 12.6 Å². The van der Waals surface area contributed by atoms with Gasteiger partial charge in [0.05, 0.1) is 5.92 Å². The van der Waals surface area contributed by atoms with Gasteiger partial charge in [-0.2, -0.15) is 18.2 Å². The first-order chi connectivity index (χ1) is 7.33. The van der Waals surface area contributed by atoms with Gasteiger partial charge in [-0.3, -0.25) is 0 Å². The smallest absolute Gasteiger partial charge is 0.339 e. The summed E-state index contributed by atoms with van der Waals surface area (Å²) in [7, 11) is 0. The Balaban J connectivity index is 2.78. The third-order valence-corrected chi connectivity index (χ3v) is 2.23. The highest BCUT2D eigenvalue weighted by Gasteiger charge is 2.31. The van der Waals surface area contributed by atoms with E-state index in [9.17, 15) is 13.2 Å². The molecule has 16 heavy (non-hydrogen) atoms. The molecule has 0 bridgehead atoms. The molecule has 0 radical (unpaired) electrons. The molecule has 92 valence electrons. The fourth-order valence-electron chi connectivity index (χ4n) is 1.44. The molecule has 0 aliphatic heterocycles. The lowest BCUT2D eigenvalue weighted by molar-refractivity contribution is -0.128. The highest BCUT2D eigenvalue weighted by molar-refractivity contribution is 4.98.